The number of nitrogens with zero attached hydrogens (tertiary/aromatic N) is 1. The van der Waals surface area contributed by atoms with Crippen LogP contribution in [0.4, 0.5) is 0 Å². The van der Waals surface area contributed by atoms with Crippen LogP contribution in [0.25, 0.3) is 21.0 Å². The van der Waals surface area contributed by atoms with Crippen LogP contribution in [0.15, 0.2) is 97.1 Å². The molecule has 5 aromatic rings. The Labute approximate surface area is 195 Å². The van der Waals surface area contributed by atoms with Crippen molar-refractivity contribution >= 4 is 61.9 Å². The molecule has 0 amide bonds. The van der Waals surface area contributed by atoms with Crippen molar-refractivity contribution in [2.75, 3.05) is 4.44 Å². The molecule has 1 aromatic heterocycles. The molecule has 5 rings (SSSR count). The Morgan fingerprint density at radius 1 is 0.688 bits per heavy atom. The van der Waals surface area contributed by atoms with E-state index in [0.29, 0.717) is 6.04 Å². The van der Waals surface area contributed by atoms with Crippen LogP contribution in [0.3, 0.4) is 0 Å². The van der Waals surface area contributed by atoms with Gasteiger partial charge in [0.1, 0.15) is 0 Å². The molecular weight excluding hydrogens is 443 g/mol. The molecule has 4 heteroatoms. The minimum Gasteiger partial charge on any atom is -0.227 e. The maximum Gasteiger partial charge on any atom is 0.0369 e. The smallest absolute Gasteiger partial charge is 0.0369 e. The van der Waals surface area contributed by atoms with Gasteiger partial charge in [0.25, 0.3) is 0 Å². The van der Waals surface area contributed by atoms with Crippen LogP contribution < -0.4 is 20.4 Å². The van der Waals surface area contributed by atoms with Crippen LogP contribution in [0, 0.1) is 6.92 Å². The lowest BCUT2D eigenvalue weighted by atomic mass is 10.2. The Bertz CT molecular complexity index is 1300. The van der Waals surface area contributed by atoms with Crippen molar-refractivity contribution in [3.8, 4) is 0 Å². The summed E-state index contributed by atoms with van der Waals surface area (Å²) in [5.74, 6) is 0. The van der Waals surface area contributed by atoms with Crippen molar-refractivity contribution in [3.05, 3.63) is 103 Å². The first kappa shape index (κ1) is 21.8. The molecule has 0 aliphatic rings. The lowest BCUT2D eigenvalue weighted by Crippen LogP contribution is -2.36. The molecule has 32 heavy (non-hydrogen) atoms. The summed E-state index contributed by atoms with van der Waals surface area (Å²) in [6.45, 7) is 6.99. The molecule has 0 fully saturated rings. The van der Waals surface area contributed by atoms with Gasteiger partial charge in [-0.1, -0.05) is 84.9 Å². The molecule has 2 atom stereocenters. The zero-order valence-electron chi connectivity index (χ0n) is 18.7. The van der Waals surface area contributed by atoms with E-state index >= 15 is 0 Å². The van der Waals surface area contributed by atoms with Crippen LogP contribution in [-0.4, -0.2) is 6.04 Å². The van der Waals surface area contributed by atoms with Gasteiger partial charge in [0, 0.05) is 29.7 Å². The fourth-order valence-corrected chi connectivity index (χ4v) is 11.8. The van der Waals surface area contributed by atoms with E-state index in [1.165, 1.54) is 42.5 Å². The van der Waals surface area contributed by atoms with Crippen LogP contribution in [-0.2, 0) is 0 Å². The van der Waals surface area contributed by atoms with E-state index in [2.05, 4.69) is 132 Å². The third-order valence-electron chi connectivity index (χ3n) is 5.93. The third-order valence-corrected chi connectivity index (χ3v) is 13.0. The van der Waals surface area contributed by atoms with Crippen molar-refractivity contribution in [3.63, 3.8) is 0 Å². The minimum absolute atomic E-state index is 0.399. The molecule has 0 saturated heterocycles. The van der Waals surface area contributed by atoms with Crippen molar-refractivity contribution < 1.29 is 0 Å². The molecule has 2 unspecified atom stereocenters. The summed E-state index contributed by atoms with van der Waals surface area (Å²) in [6, 6.07) is 36.3. The highest BCUT2D eigenvalue weighted by Gasteiger charge is 2.31. The van der Waals surface area contributed by atoms with Crippen LogP contribution in [0.5, 0.6) is 0 Å². The van der Waals surface area contributed by atoms with Crippen LogP contribution in [0.2, 0.25) is 0 Å². The lowest BCUT2D eigenvalue weighted by Gasteiger charge is -2.37. The standard InChI is InChI=1S/C28H28NP3/c1-20(2)29(32-26-17-9-5-13-22(26)23-14-6-10-18-27(23)32)31(25-16-8-4-12-21(25)3)28-19-11-7-15-24(28)30/h4-20H,30H2,1-3H3. The molecule has 0 saturated carbocycles. The lowest BCUT2D eigenvalue weighted by molar-refractivity contribution is 0.873. The van der Waals surface area contributed by atoms with E-state index < -0.39 is 15.8 Å². The topological polar surface area (TPSA) is 3.24 Å². The van der Waals surface area contributed by atoms with Crippen molar-refractivity contribution in [1.29, 1.82) is 0 Å². The maximum atomic E-state index is 3.00. The normalized spacial score (nSPS) is 12.8. The van der Waals surface area contributed by atoms with Gasteiger partial charge in [-0.05, 0) is 67.5 Å². The first-order valence-electron chi connectivity index (χ1n) is 11.1. The fraction of sp³-hybridized carbons (Fsp3) is 0.143. The van der Waals surface area contributed by atoms with E-state index in [1.807, 2.05) is 0 Å². The van der Waals surface area contributed by atoms with Crippen molar-refractivity contribution in [1.82, 2.24) is 0 Å². The number of hydrogen-bond acceptors (Lipinski definition) is 1. The van der Waals surface area contributed by atoms with Gasteiger partial charge in [-0.25, -0.2) is 4.44 Å². The van der Waals surface area contributed by atoms with E-state index in [4.69, 9.17) is 0 Å². The molecule has 0 radical (unpaired) electrons. The highest BCUT2D eigenvalue weighted by Crippen LogP contribution is 2.59. The molecule has 0 aliphatic carbocycles. The predicted molar refractivity (Wildman–Crippen MR) is 151 cm³/mol. The van der Waals surface area contributed by atoms with Gasteiger partial charge < -0.3 is 0 Å². The summed E-state index contributed by atoms with van der Waals surface area (Å²) < 4.78 is 2.85. The number of aryl methyl sites for hydroxylation is 1. The number of hydrogen-bond donors (Lipinski definition) is 0. The zero-order valence-corrected chi connectivity index (χ0v) is 21.7. The van der Waals surface area contributed by atoms with Crippen molar-refractivity contribution in [2.45, 2.75) is 26.8 Å². The fourth-order valence-electron chi connectivity index (χ4n) is 4.51. The quantitative estimate of drug-likeness (QED) is 0.245. The second kappa shape index (κ2) is 9.09. The molecule has 0 spiro atoms. The maximum absolute atomic E-state index is 3.00. The Morgan fingerprint density at radius 2 is 1.19 bits per heavy atom. The zero-order chi connectivity index (χ0) is 22.2. The third kappa shape index (κ3) is 3.73. The number of fused-ring (bicyclic) bond motifs is 3. The van der Waals surface area contributed by atoms with E-state index in [9.17, 15) is 0 Å². The Kier molecular flexibility index (Phi) is 6.20. The van der Waals surface area contributed by atoms with Gasteiger partial charge >= 0.3 is 0 Å². The summed E-state index contributed by atoms with van der Waals surface area (Å²) in [5.41, 5.74) is 1.37. The SMILES string of the molecule is Cc1ccccc1P(c1ccccc1P)N(C(C)C)p1c2ccccc2c2ccccc21. The molecule has 1 nitrogen and oxygen atoms in total. The summed E-state index contributed by atoms with van der Waals surface area (Å²) in [4.78, 5) is 0. The Balaban J connectivity index is 1.87. The summed E-state index contributed by atoms with van der Waals surface area (Å²) in [7, 11) is 1.64. The van der Waals surface area contributed by atoms with Crippen molar-refractivity contribution in [2.24, 2.45) is 0 Å². The van der Waals surface area contributed by atoms with E-state index in [1.54, 1.807) is 0 Å². The van der Waals surface area contributed by atoms with Gasteiger partial charge in [-0.15, -0.1) is 9.24 Å². The summed E-state index contributed by atoms with van der Waals surface area (Å²) >= 11 is 0. The molecule has 1 heterocycles. The summed E-state index contributed by atoms with van der Waals surface area (Å²) in [5, 5.41) is 9.95. The van der Waals surface area contributed by atoms with Gasteiger partial charge in [0.2, 0.25) is 0 Å². The molecular formula is C28H28NP3. The minimum atomic E-state index is -0.714. The largest absolute Gasteiger partial charge is 0.227 e. The van der Waals surface area contributed by atoms with E-state index in [-0.39, 0.29) is 0 Å². The van der Waals surface area contributed by atoms with Crippen LogP contribution >= 0.6 is 25.0 Å². The highest BCUT2D eigenvalue weighted by molar-refractivity contribution is 7.86. The van der Waals surface area contributed by atoms with Crippen LogP contribution in [0.1, 0.15) is 19.4 Å². The van der Waals surface area contributed by atoms with Gasteiger partial charge in [-0.3, -0.25) is 0 Å². The second-order valence-electron chi connectivity index (χ2n) is 8.42. The second-order valence-corrected chi connectivity index (χ2v) is 13.4. The molecule has 0 bridgehead atoms. The summed E-state index contributed by atoms with van der Waals surface area (Å²) in [6.07, 6.45) is 0. The Hall–Kier alpha value is -2.00. The number of rotatable bonds is 5. The van der Waals surface area contributed by atoms with Gasteiger partial charge in [0.05, 0.1) is 0 Å². The highest BCUT2D eigenvalue weighted by atomic mass is 31.2. The molecule has 0 aliphatic heterocycles. The molecule has 4 aromatic carbocycles. The molecule has 160 valence electrons. The molecule has 0 N–H and O–H groups in total. The Morgan fingerprint density at radius 3 is 1.75 bits per heavy atom. The average molecular weight is 471 g/mol. The van der Waals surface area contributed by atoms with Gasteiger partial charge in [0.15, 0.2) is 0 Å². The average Bonchev–Trinajstić information content (AvgIpc) is 3.13. The monoisotopic (exact) mass is 471 g/mol. The first-order valence-corrected chi connectivity index (χ1v) is 14.2. The van der Waals surface area contributed by atoms with Gasteiger partial charge in [-0.2, -0.15) is 0 Å². The predicted octanol–water partition coefficient (Wildman–Crippen LogP) is 7.18. The van der Waals surface area contributed by atoms with E-state index in [0.717, 1.165) is 0 Å². The first-order chi connectivity index (χ1) is 15.6. The number of benzene rings is 4.